The van der Waals surface area contributed by atoms with Gasteiger partial charge < -0.3 is 0 Å². The van der Waals surface area contributed by atoms with Gasteiger partial charge in [0.15, 0.2) is 6.17 Å². The normalized spacial score (nSPS) is 35.9. The number of ketones is 1. The van der Waals surface area contributed by atoms with E-state index in [9.17, 15) is 4.79 Å². The third kappa shape index (κ3) is 5.60. The lowest BCUT2D eigenvalue weighted by atomic mass is 9.80. The number of hydrogen-bond acceptors (Lipinski definition) is 4. The van der Waals surface area contributed by atoms with Crippen molar-refractivity contribution in [2.45, 2.75) is 95.5 Å². The highest BCUT2D eigenvalue weighted by molar-refractivity contribution is 7.99. The van der Waals surface area contributed by atoms with Crippen molar-refractivity contribution in [3.05, 3.63) is 35.4 Å². The molecule has 5 heteroatoms. The van der Waals surface area contributed by atoms with Gasteiger partial charge in [-0.3, -0.25) is 14.8 Å². The molecule has 3 heterocycles. The minimum atomic E-state index is -1.11. The Morgan fingerprint density at radius 1 is 1.09 bits per heavy atom. The van der Waals surface area contributed by atoms with Gasteiger partial charge in [0.2, 0.25) is 0 Å². The summed E-state index contributed by atoms with van der Waals surface area (Å²) in [5.74, 6) is 2.69. The zero-order valence-electron chi connectivity index (χ0n) is 21.4. The molecule has 1 aromatic carbocycles. The summed E-state index contributed by atoms with van der Waals surface area (Å²) in [4.78, 5) is 22.9. The average Bonchev–Trinajstić information content (AvgIpc) is 3.43. The van der Waals surface area contributed by atoms with Gasteiger partial charge >= 0.3 is 0 Å². The lowest BCUT2D eigenvalue weighted by Crippen LogP contribution is -2.39. The van der Waals surface area contributed by atoms with E-state index in [1.807, 2.05) is 6.92 Å². The van der Waals surface area contributed by atoms with Crippen LogP contribution >= 0.6 is 11.8 Å². The second-order valence-corrected chi connectivity index (χ2v) is 12.6. The number of aliphatic imine (C=N–C) groups is 2. The third-order valence-electron chi connectivity index (χ3n) is 8.99. The van der Waals surface area contributed by atoms with Crippen LogP contribution in [0.3, 0.4) is 0 Å². The molecule has 3 aliphatic heterocycles. The number of halogens is 1. The smallest absolute Gasteiger partial charge is 0.157 e. The molecule has 5 aliphatic rings. The summed E-state index contributed by atoms with van der Waals surface area (Å²) >= 11 is 2.09. The summed E-state index contributed by atoms with van der Waals surface area (Å²) in [6.45, 7) is 4.41. The molecular formula is C30H41FN2OS. The topological polar surface area (TPSA) is 41.8 Å². The predicted molar refractivity (Wildman–Crippen MR) is 146 cm³/mol. The van der Waals surface area contributed by atoms with Crippen molar-refractivity contribution in [3.63, 3.8) is 0 Å². The maximum Gasteiger partial charge on any atom is 0.157 e. The summed E-state index contributed by atoms with van der Waals surface area (Å²) < 4.78 is 15.5. The molecule has 0 spiro atoms. The van der Waals surface area contributed by atoms with Crippen LogP contribution in [0.4, 0.5) is 4.39 Å². The van der Waals surface area contributed by atoms with Gasteiger partial charge in [-0.25, -0.2) is 4.39 Å². The number of Topliss-reactive ketones (excluding diaryl/α,β-unsaturated/α-hetero) is 1. The van der Waals surface area contributed by atoms with E-state index in [2.05, 4.69) is 43.0 Å². The van der Waals surface area contributed by atoms with Crippen molar-refractivity contribution < 1.29 is 9.18 Å². The van der Waals surface area contributed by atoms with Gasteiger partial charge in [0, 0.05) is 29.0 Å². The number of hydrogen-bond donors (Lipinski definition) is 0. The van der Waals surface area contributed by atoms with Crippen LogP contribution in [0.5, 0.6) is 0 Å². The summed E-state index contributed by atoms with van der Waals surface area (Å²) in [7, 11) is 0. The first kappa shape index (κ1) is 25.2. The number of alkyl halides is 1. The van der Waals surface area contributed by atoms with Gasteiger partial charge in [-0.15, -0.1) is 0 Å². The van der Waals surface area contributed by atoms with Gasteiger partial charge in [-0.1, -0.05) is 38.1 Å². The van der Waals surface area contributed by atoms with E-state index in [1.165, 1.54) is 23.3 Å². The second kappa shape index (κ2) is 11.3. The first-order chi connectivity index (χ1) is 17.0. The van der Waals surface area contributed by atoms with Crippen LogP contribution in [0.25, 0.3) is 0 Å². The number of carbonyl (C=O) groups is 1. The van der Waals surface area contributed by atoms with E-state index >= 15 is 4.39 Å². The number of benzene rings is 1. The van der Waals surface area contributed by atoms with Crippen LogP contribution < -0.4 is 0 Å². The molecule has 190 valence electrons. The van der Waals surface area contributed by atoms with Crippen LogP contribution in [0, 0.1) is 23.7 Å². The highest BCUT2D eigenvalue weighted by Crippen LogP contribution is 2.54. The lowest BCUT2D eigenvalue weighted by molar-refractivity contribution is -0.124. The molecule has 0 aromatic heterocycles. The lowest BCUT2D eigenvalue weighted by Gasteiger charge is -2.33. The zero-order chi connectivity index (χ0) is 24.4. The van der Waals surface area contributed by atoms with Crippen LogP contribution in [-0.2, 0) is 17.6 Å². The van der Waals surface area contributed by atoms with Gasteiger partial charge in [-0.05, 0) is 92.4 Å². The summed E-state index contributed by atoms with van der Waals surface area (Å²) in [5, 5.41) is 0.554. The first-order valence-electron chi connectivity index (χ1n) is 14.0. The Balaban J connectivity index is 1.43. The fraction of sp³-hybridized carbons (Fsp3) is 0.700. The molecule has 2 fully saturated rings. The van der Waals surface area contributed by atoms with E-state index in [0.717, 1.165) is 50.7 Å². The molecule has 2 aliphatic carbocycles. The Labute approximate surface area is 214 Å². The Kier molecular flexibility index (Phi) is 8.11. The van der Waals surface area contributed by atoms with Crippen LogP contribution in [0.15, 0.2) is 34.3 Å². The molecule has 2 saturated carbocycles. The molecule has 1 aromatic rings. The Hall–Kier alpha value is -1.49. The van der Waals surface area contributed by atoms with Crippen molar-refractivity contribution in [2.24, 2.45) is 33.7 Å². The molecular weight excluding hydrogens is 455 g/mol. The third-order valence-corrected chi connectivity index (χ3v) is 10.5. The quantitative estimate of drug-likeness (QED) is 0.456. The predicted octanol–water partition coefficient (Wildman–Crippen LogP) is 6.71. The molecule has 6 rings (SSSR count). The monoisotopic (exact) mass is 496 g/mol. The Bertz CT molecular complexity index is 975. The number of carbonyl (C=O) groups excluding carboxylic acids is 1. The zero-order valence-corrected chi connectivity index (χ0v) is 22.2. The maximum atomic E-state index is 15.5. The molecule has 0 N–H and O–H groups in total. The summed E-state index contributed by atoms with van der Waals surface area (Å²) in [5.41, 5.74) is 4.71. The van der Waals surface area contributed by atoms with Crippen molar-refractivity contribution in [3.8, 4) is 0 Å². The molecule has 0 saturated heterocycles. The molecule has 7 unspecified atom stereocenters. The van der Waals surface area contributed by atoms with Crippen molar-refractivity contribution in [1.82, 2.24) is 0 Å². The molecule has 0 amide bonds. The minimum Gasteiger partial charge on any atom is -0.299 e. The van der Waals surface area contributed by atoms with Gasteiger partial charge in [-0.2, -0.15) is 11.8 Å². The molecule has 6 bridgehead atoms. The van der Waals surface area contributed by atoms with Gasteiger partial charge in [0.05, 0.1) is 12.6 Å². The van der Waals surface area contributed by atoms with E-state index in [4.69, 9.17) is 9.98 Å². The highest BCUT2D eigenvalue weighted by Gasteiger charge is 2.55. The number of thioether (sulfide) groups is 1. The van der Waals surface area contributed by atoms with E-state index < -0.39 is 6.17 Å². The molecule has 35 heavy (non-hydrogen) atoms. The SMILES string of the molecule is CCC(=O)C1C2CC3SCCCc4cccc(c4)CCCC4=NCC(F)C(=NC1C3C2)CCC4C. The highest BCUT2D eigenvalue weighted by atomic mass is 32.2. The summed E-state index contributed by atoms with van der Waals surface area (Å²) in [6.07, 6.45) is 8.64. The Morgan fingerprint density at radius 3 is 2.69 bits per heavy atom. The molecule has 0 radical (unpaired) electrons. The summed E-state index contributed by atoms with van der Waals surface area (Å²) in [6, 6.07) is 9.07. The van der Waals surface area contributed by atoms with Crippen LogP contribution in [0.1, 0.15) is 76.3 Å². The largest absolute Gasteiger partial charge is 0.299 e. The fourth-order valence-corrected chi connectivity index (χ4v) is 8.58. The van der Waals surface area contributed by atoms with Crippen molar-refractivity contribution in [1.29, 1.82) is 0 Å². The fourth-order valence-electron chi connectivity index (χ4n) is 7.06. The van der Waals surface area contributed by atoms with E-state index in [0.29, 0.717) is 47.3 Å². The van der Waals surface area contributed by atoms with Crippen molar-refractivity contribution in [2.75, 3.05) is 12.3 Å². The van der Waals surface area contributed by atoms with Crippen LogP contribution in [0.2, 0.25) is 0 Å². The average molecular weight is 497 g/mol. The standard InChI is InChI=1S/C30H41FN2OS/c1-3-27(34)29-22-16-23-28(17-22)35-14-6-10-21-8-4-7-20(15-21)9-5-11-25-19(2)12-13-26(33-30(23)29)24(31)18-32-25/h4,7-8,15,19,22-24,28-30H,3,5-6,9-14,16-18H2,1-2H3. The molecule has 7 atom stereocenters. The second-order valence-electron chi connectivity index (χ2n) is 11.3. The minimum absolute atomic E-state index is 0.000300. The first-order valence-corrected chi connectivity index (χ1v) is 15.0. The number of nitrogens with zero attached hydrogens (tertiary/aromatic N) is 2. The van der Waals surface area contributed by atoms with Crippen molar-refractivity contribution >= 4 is 29.0 Å². The maximum absolute atomic E-state index is 15.5. The van der Waals surface area contributed by atoms with Gasteiger partial charge in [0.25, 0.3) is 0 Å². The number of aryl methyl sites for hydroxylation is 2. The number of fused-ring (bicyclic) bond motifs is 10. The van der Waals surface area contributed by atoms with Gasteiger partial charge in [0.1, 0.15) is 5.78 Å². The van der Waals surface area contributed by atoms with E-state index in [1.54, 1.807) is 0 Å². The Morgan fingerprint density at radius 2 is 1.89 bits per heavy atom. The van der Waals surface area contributed by atoms with Crippen LogP contribution in [-0.4, -0.2) is 47.0 Å². The number of rotatable bonds is 2. The molecule has 3 nitrogen and oxygen atoms in total. The van der Waals surface area contributed by atoms with E-state index in [-0.39, 0.29) is 18.5 Å².